The number of hydrogen-bond acceptors (Lipinski definition) is 13. The van der Waals surface area contributed by atoms with Crippen LogP contribution in [0.3, 0.4) is 0 Å². The molecule has 2 heterocycles. The summed E-state index contributed by atoms with van der Waals surface area (Å²) >= 11 is 0. The van der Waals surface area contributed by atoms with Gasteiger partial charge in [-0.15, -0.1) is 0 Å². The number of anilines is 1. The molecule has 180 valence electrons. The predicted molar refractivity (Wildman–Crippen MR) is 123 cm³/mol. The molecule has 0 aliphatic carbocycles. The van der Waals surface area contributed by atoms with Crippen LogP contribution in [0.1, 0.15) is 20.8 Å². The molecule has 15 heteroatoms. The van der Waals surface area contributed by atoms with Crippen LogP contribution in [-0.2, 0) is 34.4 Å². The molecule has 0 aromatic carbocycles. The van der Waals surface area contributed by atoms with Crippen molar-refractivity contribution in [1.29, 1.82) is 0 Å². The quantitative estimate of drug-likeness (QED) is 0.130. The number of imidazole rings is 1. The summed E-state index contributed by atoms with van der Waals surface area (Å²) in [6.45, 7) is 5.11. The van der Waals surface area contributed by atoms with Crippen molar-refractivity contribution < 1.29 is 32.6 Å². The lowest BCUT2D eigenvalue weighted by atomic mass is 10.4. The fourth-order valence-electron chi connectivity index (χ4n) is 2.37. The van der Waals surface area contributed by atoms with Crippen LogP contribution in [0.5, 0.6) is 0 Å². The predicted octanol–water partition coefficient (Wildman–Crippen LogP) is 3.53. The minimum atomic E-state index is -3.70. The molecule has 0 saturated heterocycles. The zero-order valence-electron chi connectivity index (χ0n) is 18.3. The number of rotatable bonds is 14. The molecule has 2 atom stereocenters. The minimum absolute atomic E-state index is 0.180. The summed E-state index contributed by atoms with van der Waals surface area (Å²) in [5.41, 5.74) is 6.86. The van der Waals surface area contributed by atoms with E-state index >= 15 is 0 Å². The molecule has 2 aromatic heterocycles. The second-order valence-electron chi connectivity index (χ2n) is 6.68. The number of aromatic nitrogens is 4. The molecular formula is C17H28N5O7PS2. The van der Waals surface area contributed by atoms with Gasteiger partial charge in [-0.05, 0) is 27.0 Å². The summed E-state index contributed by atoms with van der Waals surface area (Å²) in [6, 6.07) is 0. The van der Waals surface area contributed by atoms with E-state index in [0.717, 1.165) is 0 Å². The monoisotopic (exact) mass is 509 g/mol. The Morgan fingerprint density at radius 2 is 2.03 bits per heavy atom. The van der Waals surface area contributed by atoms with Crippen LogP contribution in [0.2, 0.25) is 0 Å². The van der Waals surface area contributed by atoms with E-state index in [4.69, 9.17) is 29.0 Å². The lowest BCUT2D eigenvalue weighted by molar-refractivity contribution is -0.0177. The van der Waals surface area contributed by atoms with Crippen molar-refractivity contribution >= 4 is 52.3 Å². The van der Waals surface area contributed by atoms with Crippen molar-refractivity contribution in [3.63, 3.8) is 0 Å². The van der Waals surface area contributed by atoms with E-state index in [1.165, 1.54) is 6.33 Å². The van der Waals surface area contributed by atoms with Gasteiger partial charge in [-0.3, -0.25) is 9.09 Å². The third-order valence-electron chi connectivity index (χ3n) is 3.73. The van der Waals surface area contributed by atoms with Crippen molar-refractivity contribution in [2.75, 3.05) is 37.5 Å². The fraction of sp³-hybridized carbons (Fsp3) is 0.647. The van der Waals surface area contributed by atoms with Gasteiger partial charge in [0.2, 0.25) is 6.79 Å². The molecule has 0 aliphatic rings. The smallest absolute Gasteiger partial charge is 0.432 e. The second-order valence-corrected chi connectivity index (χ2v) is 11.4. The van der Waals surface area contributed by atoms with Crippen LogP contribution in [0.15, 0.2) is 12.7 Å². The lowest BCUT2D eigenvalue weighted by Crippen LogP contribution is -2.19. The van der Waals surface area contributed by atoms with Gasteiger partial charge in [0.15, 0.2) is 11.5 Å². The van der Waals surface area contributed by atoms with Gasteiger partial charge in [0.1, 0.15) is 18.2 Å². The van der Waals surface area contributed by atoms with Crippen LogP contribution < -0.4 is 5.73 Å². The van der Waals surface area contributed by atoms with Gasteiger partial charge in [0.05, 0.1) is 31.7 Å². The SMILES string of the molecule is CSSCCO[P@](=O)(CO[C@H](C)Cn1cnc2c(N)ncnc21)OCOC(=O)OC(C)C. The molecular weight excluding hydrogens is 481 g/mol. The van der Waals surface area contributed by atoms with Gasteiger partial charge in [0.25, 0.3) is 0 Å². The Morgan fingerprint density at radius 3 is 2.75 bits per heavy atom. The maximum absolute atomic E-state index is 13.1. The highest BCUT2D eigenvalue weighted by molar-refractivity contribution is 8.76. The zero-order chi connectivity index (χ0) is 23.6. The molecule has 0 bridgehead atoms. The maximum atomic E-state index is 13.1. The zero-order valence-corrected chi connectivity index (χ0v) is 20.9. The Morgan fingerprint density at radius 1 is 1.25 bits per heavy atom. The Balaban J connectivity index is 1.92. The molecule has 2 rings (SSSR count). The average Bonchev–Trinajstić information content (AvgIpc) is 3.13. The first kappa shape index (κ1) is 26.7. The fourth-order valence-corrected chi connectivity index (χ4v) is 4.76. The van der Waals surface area contributed by atoms with Crippen molar-refractivity contribution in [3.8, 4) is 0 Å². The highest BCUT2D eigenvalue weighted by Crippen LogP contribution is 2.48. The minimum Gasteiger partial charge on any atom is -0.432 e. The van der Waals surface area contributed by atoms with E-state index in [1.54, 1.807) is 53.3 Å². The van der Waals surface area contributed by atoms with Crippen molar-refractivity contribution in [2.24, 2.45) is 0 Å². The first-order valence-corrected chi connectivity index (χ1v) is 14.1. The number of carbonyl (C=O) groups excluding carboxylic acids is 1. The molecule has 0 unspecified atom stereocenters. The molecule has 2 aromatic rings. The molecule has 32 heavy (non-hydrogen) atoms. The summed E-state index contributed by atoms with van der Waals surface area (Å²) < 4.78 is 40.9. The van der Waals surface area contributed by atoms with Gasteiger partial charge < -0.3 is 29.0 Å². The average molecular weight is 510 g/mol. The summed E-state index contributed by atoms with van der Waals surface area (Å²) in [5.74, 6) is 0.885. The van der Waals surface area contributed by atoms with Crippen LogP contribution >= 0.6 is 29.2 Å². The van der Waals surface area contributed by atoms with E-state index in [-0.39, 0.29) is 24.9 Å². The van der Waals surface area contributed by atoms with Crippen LogP contribution in [-0.4, -0.2) is 69.6 Å². The Labute approximate surface area is 194 Å². The largest absolute Gasteiger partial charge is 0.510 e. The first-order chi connectivity index (χ1) is 15.2. The Hall–Kier alpha value is -1.57. The molecule has 0 saturated carbocycles. The van der Waals surface area contributed by atoms with E-state index in [0.29, 0.717) is 23.5 Å². The summed E-state index contributed by atoms with van der Waals surface area (Å²) in [5, 5.41) is 0. The molecule has 0 radical (unpaired) electrons. The van der Waals surface area contributed by atoms with Gasteiger partial charge in [-0.25, -0.2) is 19.7 Å². The standard InChI is InChI=1S/C17H28N5O7PS2/c1-12(2)29-17(23)25-10-28-30(24,27-5-6-32-31-4)11-26-13(3)7-22-9-21-14-15(18)19-8-20-16(14)22/h8-9,12-13H,5-7,10-11H2,1-4H3,(H2,18,19,20)/t13-,30-/m1/s1. The van der Waals surface area contributed by atoms with Crippen LogP contribution in [0, 0.1) is 0 Å². The summed E-state index contributed by atoms with van der Waals surface area (Å²) in [6.07, 6.45) is 2.87. The molecule has 12 nitrogen and oxygen atoms in total. The number of nitrogen functional groups attached to an aromatic ring is 1. The van der Waals surface area contributed by atoms with Crippen molar-refractivity contribution in [3.05, 3.63) is 12.7 Å². The van der Waals surface area contributed by atoms with E-state index in [9.17, 15) is 9.36 Å². The Kier molecular flexibility index (Phi) is 11.0. The van der Waals surface area contributed by atoms with Gasteiger partial charge >= 0.3 is 13.8 Å². The van der Waals surface area contributed by atoms with E-state index in [2.05, 4.69) is 15.0 Å². The number of nitrogens with zero attached hydrogens (tertiary/aromatic N) is 4. The highest BCUT2D eigenvalue weighted by Gasteiger charge is 2.27. The summed E-state index contributed by atoms with van der Waals surface area (Å²) in [7, 11) is -0.585. The van der Waals surface area contributed by atoms with Crippen LogP contribution in [0.4, 0.5) is 10.6 Å². The highest BCUT2D eigenvalue weighted by atomic mass is 33.1. The van der Waals surface area contributed by atoms with Gasteiger partial charge in [-0.2, -0.15) is 0 Å². The molecule has 0 amide bonds. The third-order valence-corrected chi connectivity index (χ3v) is 7.05. The van der Waals surface area contributed by atoms with Crippen LogP contribution in [0.25, 0.3) is 11.2 Å². The number of hydrogen-bond donors (Lipinski definition) is 1. The Bertz CT molecular complexity index is 917. The molecule has 0 aliphatic heterocycles. The number of carbonyl (C=O) groups is 1. The van der Waals surface area contributed by atoms with E-state index < -0.39 is 26.6 Å². The normalized spacial score (nSPS) is 14.4. The molecule has 2 N–H and O–H groups in total. The number of ether oxygens (including phenoxy) is 3. The second kappa shape index (κ2) is 13.2. The molecule has 0 spiro atoms. The third kappa shape index (κ3) is 8.75. The first-order valence-electron chi connectivity index (χ1n) is 9.64. The summed E-state index contributed by atoms with van der Waals surface area (Å²) in [4.78, 5) is 23.8. The lowest BCUT2D eigenvalue weighted by Gasteiger charge is -2.21. The number of nitrogens with two attached hydrogens (primary N) is 1. The topological polar surface area (TPSA) is 150 Å². The van der Waals surface area contributed by atoms with Gasteiger partial charge in [-0.1, -0.05) is 21.6 Å². The van der Waals surface area contributed by atoms with Gasteiger partial charge in [0, 0.05) is 5.75 Å². The molecule has 0 fully saturated rings. The van der Waals surface area contributed by atoms with E-state index in [1.807, 2.05) is 6.26 Å². The van der Waals surface area contributed by atoms with Crippen molar-refractivity contribution in [2.45, 2.75) is 39.5 Å². The van der Waals surface area contributed by atoms with Crippen molar-refractivity contribution in [1.82, 2.24) is 19.5 Å². The maximum Gasteiger partial charge on any atom is 0.510 e. The number of fused-ring (bicyclic) bond motifs is 1.